The summed E-state index contributed by atoms with van der Waals surface area (Å²) in [5.74, 6) is -0.339. The van der Waals surface area contributed by atoms with Crippen LogP contribution in [-0.4, -0.2) is 38.8 Å². The van der Waals surface area contributed by atoms with Gasteiger partial charge in [0.2, 0.25) is 0 Å². The van der Waals surface area contributed by atoms with Crippen LogP contribution < -0.4 is 0 Å². The maximum Gasteiger partial charge on any atom is 0.416 e. The molecule has 1 N–H and O–H groups in total. The molecule has 0 aliphatic rings. The predicted octanol–water partition coefficient (Wildman–Crippen LogP) is 2.40. The Hall–Kier alpha value is -1.94. The van der Waals surface area contributed by atoms with Crippen LogP contribution in [0.2, 0.25) is 0 Å². The zero-order valence-electron chi connectivity index (χ0n) is 14.5. The molecule has 0 fully saturated rings. The molecule has 2 rings (SSSR count). The normalized spacial score (nSPS) is 15.7. The molecule has 1 heterocycles. The minimum Gasteiger partial charge on any atom is -0.382 e. The second-order valence-corrected chi connectivity index (χ2v) is 9.24. The van der Waals surface area contributed by atoms with Gasteiger partial charge < -0.3 is 5.11 Å². The van der Waals surface area contributed by atoms with Gasteiger partial charge in [0.1, 0.15) is 23.0 Å². The number of aliphatic hydroxyl groups is 1. The van der Waals surface area contributed by atoms with E-state index in [-0.39, 0.29) is 5.75 Å². The van der Waals surface area contributed by atoms with E-state index in [1.165, 1.54) is 39.2 Å². The molecule has 144 valence electrons. The van der Waals surface area contributed by atoms with Crippen molar-refractivity contribution in [2.24, 2.45) is 0 Å². The number of aromatic nitrogens is 3. The summed E-state index contributed by atoms with van der Waals surface area (Å²) >= 11 is 0. The van der Waals surface area contributed by atoms with Gasteiger partial charge in [0, 0.05) is 5.75 Å². The summed E-state index contributed by atoms with van der Waals surface area (Å²) in [6, 6.07) is 4.41. The van der Waals surface area contributed by atoms with E-state index < -0.39 is 44.0 Å². The third-order valence-electron chi connectivity index (χ3n) is 4.69. The van der Waals surface area contributed by atoms with Gasteiger partial charge in [0.15, 0.2) is 9.84 Å². The van der Waals surface area contributed by atoms with Crippen molar-refractivity contribution in [2.75, 3.05) is 5.75 Å². The van der Waals surface area contributed by atoms with Crippen LogP contribution in [0.1, 0.15) is 31.9 Å². The summed E-state index contributed by atoms with van der Waals surface area (Å²) in [5.41, 5.74) is -4.02. The van der Waals surface area contributed by atoms with E-state index in [0.717, 1.165) is 23.1 Å². The van der Waals surface area contributed by atoms with Crippen molar-refractivity contribution in [3.63, 3.8) is 0 Å². The van der Waals surface area contributed by atoms with E-state index in [2.05, 4.69) is 10.1 Å². The van der Waals surface area contributed by atoms with Gasteiger partial charge >= 0.3 is 6.18 Å². The van der Waals surface area contributed by atoms with Gasteiger partial charge in [-0.2, -0.15) is 18.3 Å². The maximum atomic E-state index is 13.5. The Labute approximate surface area is 149 Å². The topological polar surface area (TPSA) is 85.1 Å². The van der Waals surface area contributed by atoms with Gasteiger partial charge in [0.25, 0.3) is 0 Å². The standard InChI is InChI=1S/C16H20F3N3O3S/c1-4-26(24,25)14(2,3)15(23,9-22-11-20-10-21-22)12-7-5-6-8-13(12)16(17,18)19/h5-8,10-11,23H,4,9H2,1-3H3. The first kappa shape index (κ1) is 20.4. The Morgan fingerprint density at radius 2 is 1.73 bits per heavy atom. The first-order chi connectivity index (χ1) is 11.9. The fraction of sp³-hybridized carbons (Fsp3) is 0.500. The SMILES string of the molecule is CCS(=O)(=O)C(C)(C)C(O)(Cn1cncn1)c1ccccc1C(F)(F)F. The Morgan fingerprint density at radius 1 is 1.15 bits per heavy atom. The number of hydrogen-bond donors (Lipinski definition) is 1. The Balaban J connectivity index is 2.79. The summed E-state index contributed by atoms with van der Waals surface area (Å²) in [6.45, 7) is 3.31. The van der Waals surface area contributed by atoms with Crippen LogP contribution in [0.25, 0.3) is 0 Å². The van der Waals surface area contributed by atoms with Crippen LogP contribution in [-0.2, 0) is 28.2 Å². The molecule has 1 aromatic carbocycles. The molecule has 0 saturated heterocycles. The van der Waals surface area contributed by atoms with Gasteiger partial charge in [-0.05, 0) is 25.5 Å². The first-order valence-electron chi connectivity index (χ1n) is 7.80. The van der Waals surface area contributed by atoms with Crippen LogP contribution in [0.4, 0.5) is 13.2 Å². The quantitative estimate of drug-likeness (QED) is 0.817. The fourth-order valence-corrected chi connectivity index (χ4v) is 4.27. The van der Waals surface area contributed by atoms with Crippen molar-refractivity contribution in [1.29, 1.82) is 0 Å². The van der Waals surface area contributed by atoms with Gasteiger partial charge in [-0.3, -0.25) is 0 Å². The Kier molecular flexibility index (Phi) is 5.22. The number of benzene rings is 1. The summed E-state index contributed by atoms with van der Waals surface area (Å²) in [4.78, 5) is 3.70. The van der Waals surface area contributed by atoms with E-state index in [9.17, 15) is 26.7 Å². The van der Waals surface area contributed by atoms with Crippen LogP contribution in [0, 0.1) is 0 Å². The number of nitrogens with zero attached hydrogens (tertiary/aromatic N) is 3. The lowest BCUT2D eigenvalue weighted by Gasteiger charge is -2.43. The predicted molar refractivity (Wildman–Crippen MR) is 88.9 cm³/mol. The number of alkyl halides is 3. The Morgan fingerprint density at radius 3 is 2.19 bits per heavy atom. The zero-order chi connectivity index (χ0) is 19.8. The molecular formula is C16H20F3N3O3S. The van der Waals surface area contributed by atoms with E-state index in [4.69, 9.17) is 0 Å². The molecule has 1 aromatic heterocycles. The highest BCUT2D eigenvalue weighted by Crippen LogP contribution is 2.45. The largest absolute Gasteiger partial charge is 0.416 e. The summed E-state index contributed by atoms with van der Waals surface area (Å²) in [5, 5.41) is 15.2. The second kappa shape index (κ2) is 6.66. The summed E-state index contributed by atoms with van der Waals surface area (Å²) < 4.78 is 65.1. The van der Waals surface area contributed by atoms with Crippen molar-refractivity contribution in [2.45, 2.75) is 43.8 Å². The average Bonchev–Trinajstić information content (AvgIpc) is 3.06. The number of halogens is 3. The van der Waals surface area contributed by atoms with Crippen LogP contribution in [0.5, 0.6) is 0 Å². The fourth-order valence-electron chi connectivity index (χ4n) is 2.86. The van der Waals surface area contributed by atoms with E-state index in [1.54, 1.807) is 0 Å². The zero-order valence-corrected chi connectivity index (χ0v) is 15.3. The molecule has 0 bridgehead atoms. The molecule has 1 unspecified atom stereocenters. The number of hydrogen-bond acceptors (Lipinski definition) is 5. The molecule has 0 spiro atoms. The average molecular weight is 391 g/mol. The van der Waals surface area contributed by atoms with Gasteiger partial charge in [-0.25, -0.2) is 18.1 Å². The number of sulfone groups is 1. The smallest absolute Gasteiger partial charge is 0.382 e. The Bertz CT molecular complexity index is 864. The second-order valence-electron chi connectivity index (χ2n) is 6.41. The molecule has 0 aliphatic heterocycles. The number of rotatable bonds is 6. The van der Waals surface area contributed by atoms with Crippen molar-refractivity contribution >= 4 is 9.84 Å². The molecule has 0 radical (unpaired) electrons. The van der Waals surface area contributed by atoms with E-state index in [0.29, 0.717) is 0 Å². The summed E-state index contributed by atoms with van der Waals surface area (Å²) in [6.07, 6.45) is -2.41. The molecular weight excluding hydrogens is 371 g/mol. The minimum atomic E-state index is -4.76. The molecule has 0 amide bonds. The third-order valence-corrected chi connectivity index (χ3v) is 7.34. The lowest BCUT2D eigenvalue weighted by atomic mass is 9.80. The summed E-state index contributed by atoms with van der Waals surface area (Å²) in [7, 11) is -3.95. The van der Waals surface area contributed by atoms with Crippen molar-refractivity contribution in [3.05, 3.63) is 48.0 Å². The highest BCUT2D eigenvalue weighted by atomic mass is 32.2. The molecule has 2 aromatic rings. The minimum absolute atomic E-state index is 0.339. The van der Waals surface area contributed by atoms with Gasteiger partial charge in [-0.1, -0.05) is 25.1 Å². The molecule has 10 heteroatoms. The van der Waals surface area contributed by atoms with Crippen molar-refractivity contribution in [1.82, 2.24) is 14.8 Å². The lowest BCUT2D eigenvalue weighted by Crippen LogP contribution is -2.56. The highest BCUT2D eigenvalue weighted by molar-refractivity contribution is 7.92. The van der Waals surface area contributed by atoms with Gasteiger partial charge in [-0.15, -0.1) is 0 Å². The van der Waals surface area contributed by atoms with Gasteiger partial charge in [0.05, 0.1) is 12.1 Å². The van der Waals surface area contributed by atoms with E-state index >= 15 is 0 Å². The monoisotopic (exact) mass is 391 g/mol. The van der Waals surface area contributed by atoms with Crippen LogP contribution in [0.3, 0.4) is 0 Å². The van der Waals surface area contributed by atoms with Crippen molar-refractivity contribution in [3.8, 4) is 0 Å². The van der Waals surface area contributed by atoms with Crippen LogP contribution in [0.15, 0.2) is 36.9 Å². The molecule has 0 saturated carbocycles. The highest BCUT2D eigenvalue weighted by Gasteiger charge is 2.55. The lowest BCUT2D eigenvalue weighted by molar-refractivity contribution is -0.142. The molecule has 0 aliphatic carbocycles. The molecule has 1 atom stereocenters. The van der Waals surface area contributed by atoms with Crippen LogP contribution >= 0.6 is 0 Å². The molecule has 26 heavy (non-hydrogen) atoms. The first-order valence-corrected chi connectivity index (χ1v) is 9.46. The van der Waals surface area contributed by atoms with E-state index in [1.807, 2.05) is 0 Å². The molecule has 6 nitrogen and oxygen atoms in total. The third kappa shape index (κ3) is 3.35. The van der Waals surface area contributed by atoms with Crippen molar-refractivity contribution < 1.29 is 26.7 Å². The maximum absolute atomic E-state index is 13.5.